The summed E-state index contributed by atoms with van der Waals surface area (Å²) in [6.45, 7) is 9.92. The summed E-state index contributed by atoms with van der Waals surface area (Å²) in [5.74, 6) is 0.463. The SMILES string of the molecule is Cc1cccc(CN(C(=O)CSCc2c(Cl)cccc2Cl)[C@H](C)C(=O)NC(C)(C)C)c1. The fourth-order valence-electron chi connectivity index (χ4n) is 3.06. The molecular weight excluding hydrogens is 451 g/mol. The van der Waals surface area contributed by atoms with Gasteiger partial charge in [-0.15, -0.1) is 11.8 Å². The Morgan fingerprint density at radius 1 is 1.10 bits per heavy atom. The van der Waals surface area contributed by atoms with Crippen LogP contribution < -0.4 is 5.32 Å². The third kappa shape index (κ3) is 8.06. The Bertz CT molecular complexity index is 908. The number of carbonyl (C=O) groups excluding carboxylic acids is 2. The fraction of sp³-hybridized carbons (Fsp3) is 0.417. The van der Waals surface area contributed by atoms with E-state index >= 15 is 0 Å². The molecule has 2 aromatic carbocycles. The van der Waals surface area contributed by atoms with E-state index in [1.807, 2.05) is 52.0 Å². The van der Waals surface area contributed by atoms with Crippen molar-refractivity contribution in [1.29, 1.82) is 0 Å². The normalized spacial score (nSPS) is 12.4. The Hall–Kier alpha value is -1.69. The van der Waals surface area contributed by atoms with E-state index in [1.165, 1.54) is 11.8 Å². The molecule has 2 rings (SSSR count). The zero-order chi connectivity index (χ0) is 23.2. The van der Waals surface area contributed by atoms with Crippen molar-refractivity contribution in [2.75, 3.05) is 5.75 Å². The van der Waals surface area contributed by atoms with Gasteiger partial charge in [-0.25, -0.2) is 0 Å². The molecule has 1 atom stereocenters. The topological polar surface area (TPSA) is 49.4 Å². The quantitative estimate of drug-likeness (QED) is 0.513. The van der Waals surface area contributed by atoms with Crippen LogP contribution in [0.3, 0.4) is 0 Å². The van der Waals surface area contributed by atoms with Gasteiger partial charge in [-0.3, -0.25) is 9.59 Å². The minimum absolute atomic E-state index is 0.105. The molecule has 0 heterocycles. The number of rotatable bonds is 8. The molecule has 2 amide bonds. The van der Waals surface area contributed by atoms with Crippen LogP contribution in [0.5, 0.6) is 0 Å². The first-order chi connectivity index (χ1) is 14.5. The summed E-state index contributed by atoms with van der Waals surface area (Å²) in [5.41, 5.74) is 2.54. The van der Waals surface area contributed by atoms with Crippen molar-refractivity contribution in [1.82, 2.24) is 10.2 Å². The molecule has 0 spiro atoms. The lowest BCUT2D eigenvalue weighted by molar-refractivity contribution is -0.139. The van der Waals surface area contributed by atoms with Gasteiger partial charge in [0.2, 0.25) is 11.8 Å². The first kappa shape index (κ1) is 25.6. The molecule has 0 saturated carbocycles. The van der Waals surface area contributed by atoms with Gasteiger partial charge in [0.15, 0.2) is 0 Å². The van der Waals surface area contributed by atoms with Gasteiger partial charge < -0.3 is 10.2 Å². The molecule has 1 N–H and O–H groups in total. The lowest BCUT2D eigenvalue weighted by Crippen LogP contribution is -2.52. The monoisotopic (exact) mass is 480 g/mol. The third-order valence-corrected chi connectivity index (χ3v) is 6.29. The summed E-state index contributed by atoms with van der Waals surface area (Å²) in [7, 11) is 0. The predicted molar refractivity (Wildman–Crippen MR) is 132 cm³/mol. The smallest absolute Gasteiger partial charge is 0.242 e. The van der Waals surface area contributed by atoms with Crippen LogP contribution in [-0.2, 0) is 21.9 Å². The summed E-state index contributed by atoms with van der Waals surface area (Å²) in [6, 6.07) is 12.7. The van der Waals surface area contributed by atoms with Gasteiger partial charge in [0.05, 0.1) is 5.75 Å². The first-order valence-corrected chi connectivity index (χ1v) is 12.1. The molecule has 0 saturated heterocycles. The van der Waals surface area contributed by atoms with Crippen molar-refractivity contribution in [3.63, 3.8) is 0 Å². The number of carbonyl (C=O) groups is 2. The van der Waals surface area contributed by atoms with Gasteiger partial charge in [-0.2, -0.15) is 0 Å². The maximum Gasteiger partial charge on any atom is 0.242 e. The molecule has 0 bridgehead atoms. The van der Waals surface area contributed by atoms with Crippen molar-refractivity contribution in [2.24, 2.45) is 0 Å². The molecule has 168 valence electrons. The molecule has 7 heteroatoms. The maximum absolute atomic E-state index is 13.2. The van der Waals surface area contributed by atoms with Gasteiger partial charge in [-0.1, -0.05) is 59.1 Å². The van der Waals surface area contributed by atoms with E-state index in [0.29, 0.717) is 22.3 Å². The highest BCUT2D eigenvalue weighted by Gasteiger charge is 2.28. The summed E-state index contributed by atoms with van der Waals surface area (Å²) >= 11 is 13.9. The second-order valence-corrected chi connectivity index (χ2v) is 10.4. The van der Waals surface area contributed by atoms with Crippen molar-refractivity contribution < 1.29 is 9.59 Å². The van der Waals surface area contributed by atoms with Crippen LogP contribution in [0, 0.1) is 6.92 Å². The predicted octanol–water partition coefficient (Wildman–Crippen LogP) is 5.87. The molecule has 0 aromatic heterocycles. The number of hydrogen-bond acceptors (Lipinski definition) is 3. The fourth-order valence-corrected chi connectivity index (χ4v) is 4.70. The second kappa shape index (κ2) is 11.3. The van der Waals surface area contributed by atoms with Crippen LogP contribution >= 0.6 is 35.0 Å². The minimum Gasteiger partial charge on any atom is -0.350 e. The van der Waals surface area contributed by atoms with E-state index in [0.717, 1.165) is 16.7 Å². The van der Waals surface area contributed by atoms with E-state index in [1.54, 1.807) is 30.0 Å². The number of nitrogens with one attached hydrogen (secondary N) is 1. The van der Waals surface area contributed by atoms with Gasteiger partial charge >= 0.3 is 0 Å². The molecule has 0 unspecified atom stereocenters. The summed E-state index contributed by atoms with van der Waals surface area (Å²) in [5, 5.41) is 4.14. The van der Waals surface area contributed by atoms with E-state index < -0.39 is 6.04 Å². The average Bonchev–Trinajstić information content (AvgIpc) is 2.66. The van der Waals surface area contributed by atoms with Crippen molar-refractivity contribution in [3.8, 4) is 0 Å². The van der Waals surface area contributed by atoms with E-state index in [-0.39, 0.29) is 23.1 Å². The zero-order valence-corrected chi connectivity index (χ0v) is 21.0. The van der Waals surface area contributed by atoms with Gasteiger partial charge in [-0.05, 0) is 57.9 Å². The minimum atomic E-state index is -0.600. The number of nitrogens with zero attached hydrogens (tertiary/aromatic N) is 1. The highest BCUT2D eigenvalue weighted by molar-refractivity contribution is 7.99. The summed E-state index contributed by atoms with van der Waals surface area (Å²) in [4.78, 5) is 27.6. The van der Waals surface area contributed by atoms with Crippen molar-refractivity contribution in [3.05, 3.63) is 69.2 Å². The number of thioether (sulfide) groups is 1. The van der Waals surface area contributed by atoms with Crippen molar-refractivity contribution in [2.45, 2.75) is 58.5 Å². The number of hydrogen-bond donors (Lipinski definition) is 1. The molecule has 0 aliphatic heterocycles. The lowest BCUT2D eigenvalue weighted by Gasteiger charge is -2.31. The summed E-state index contributed by atoms with van der Waals surface area (Å²) < 4.78 is 0. The number of aryl methyl sites for hydroxylation is 1. The molecule has 0 radical (unpaired) electrons. The van der Waals surface area contributed by atoms with E-state index in [9.17, 15) is 9.59 Å². The Balaban J connectivity index is 2.14. The second-order valence-electron chi connectivity index (χ2n) is 8.62. The van der Waals surface area contributed by atoms with Crippen LogP contribution in [0.2, 0.25) is 10.0 Å². The average molecular weight is 481 g/mol. The molecule has 0 aliphatic rings. The maximum atomic E-state index is 13.2. The van der Waals surface area contributed by atoms with E-state index in [2.05, 4.69) is 5.32 Å². The standard InChI is InChI=1S/C24H30Cl2N2O2S/c1-16-8-6-9-18(12-16)13-28(17(2)23(30)27-24(3,4)5)22(29)15-31-14-19-20(25)10-7-11-21(19)26/h6-12,17H,13-15H2,1-5H3,(H,27,30)/t17-/m1/s1. The van der Waals surface area contributed by atoms with Crippen LogP contribution in [0.4, 0.5) is 0 Å². The summed E-state index contributed by atoms with van der Waals surface area (Å²) in [6.07, 6.45) is 0. The molecular formula is C24H30Cl2N2O2S. The zero-order valence-electron chi connectivity index (χ0n) is 18.7. The third-order valence-electron chi connectivity index (χ3n) is 4.63. The lowest BCUT2D eigenvalue weighted by atomic mass is 10.1. The van der Waals surface area contributed by atoms with Crippen LogP contribution in [-0.4, -0.2) is 34.0 Å². The highest BCUT2D eigenvalue weighted by Crippen LogP contribution is 2.28. The number of halogens is 2. The molecule has 0 aliphatic carbocycles. The van der Waals surface area contributed by atoms with Crippen LogP contribution in [0.15, 0.2) is 42.5 Å². The largest absolute Gasteiger partial charge is 0.350 e. The van der Waals surface area contributed by atoms with Gasteiger partial charge in [0, 0.05) is 27.9 Å². The van der Waals surface area contributed by atoms with Crippen LogP contribution in [0.25, 0.3) is 0 Å². The van der Waals surface area contributed by atoms with E-state index in [4.69, 9.17) is 23.2 Å². The highest BCUT2D eigenvalue weighted by atomic mass is 35.5. The Morgan fingerprint density at radius 2 is 1.71 bits per heavy atom. The number of benzene rings is 2. The molecule has 0 fully saturated rings. The Kier molecular flexibility index (Phi) is 9.28. The Morgan fingerprint density at radius 3 is 2.29 bits per heavy atom. The van der Waals surface area contributed by atoms with Gasteiger partial charge in [0.1, 0.15) is 6.04 Å². The Labute approximate surface area is 199 Å². The van der Waals surface area contributed by atoms with Crippen molar-refractivity contribution >= 4 is 46.8 Å². The van der Waals surface area contributed by atoms with Crippen LogP contribution in [0.1, 0.15) is 44.4 Å². The molecule has 4 nitrogen and oxygen atoms in total. The first-order valence-electron chi connectivity index (χ1n) is 10.2. The number of amides is 2. The molecule has 2 aromatic rings. The van der Waals surface area contributed by atoms with Gasteiger partial charge in [0.25, 0.3) is 0 Å². The molecule has 31 heavy (non-hydrogen) atoms.